The molecular formula is C17H23NO3. The molecule has 1 saturated heterocycles. The van der Waals surface area contributed by atoms with Gasteiger partial charge in [-0.2, -0.15) is 0 Å². The van der Waals surface area contributed by atoms with Crippen molar-refractivity contribution in [3.05, 3.63) is 35.9 Å². The van der Waals surface area contributed by atoms with E-state index < -0.39 is 0 Å². The summed E-state index contributed by atoms with van der Waals surface area (Å²) < 4.78 is 5.40. The van der Waals surface area contributed by atoms with Gasteiger partial charge < -0.3 is 15.2 Å². The summed E-state index contributed by atoms with van der Waals surface area (Å²) in [5.41, 5.74) is 1.25. The molecule has 0 bridgehead atoms. The van der Waals surface area contributed by atoms with E-state index in [1.54, 1.807) is 0 Å². The van der Waals surface area contributed by atoms with E-state index in [0.29, 0.717) is 6.42 Å². The Kier molecular flexibility index (Phi) is 4.27. The monoisotopic (exact) mass is 289 g/mol. The lowest BCUT2D eigenvalue weighted by Gasteiger charge is -2.24. The van der Waals surface area contributed by atoms with Gasteiger partial charge in [-0.05, 0) is 36.7 Å². The molecule has 1 aliphatic heterocycles. The van der Waals surface area contributed by atoms with E-state index in [2.05, 4.69) is 5.32 Å². The maximum atomic E-state index is 12.5. The van der Waals surface area contributed by atoms with Crippen molar-refractivity contribution in [2.75, 3.05) is 19.8 Å². The van der Waals surface area contributed by atoms with Gasteiger partial charge in [0.25, 0.3) is 0 Å². The van der Waals surface area contributed by atoms with E-state index in [1.807, 2.05) is 30.3 Å². The zero-order valence-electron chi connectivity index (χ0n) is 12.3. The number of benzene rings is 1. The quantitative estimate of drug-likeness (QED) is 0.872. The van der Waals surface area contributed by atoms with Gasteiger partial charge in [0.15, 0.2) is 0 Å². The van der Waals surface area contributed by atoms with E-state index in [0.717, 1.165) is 38.0 Å². The van der Waals surface area contributed by atoms with Crippen LogP contribution in [0.5, 0.6) is 0 Å². The van der Waals surface area contributed by atoms with Crippen molar-refractivity contribution in [3.8, 4) is 0 Å². The summed E-state index contributed by atoms with van der Waals surface area (Å²) in [6.45, 7) is 1.63. The Bertz CT molecular complexity index is 482. The van der Waals surface area contributed by atoms with Crippen molar-refractivity contribution in [1.29, 1.82) is 0 Å². The van der Waals surface area contributed by atoms with Crippen LogP contribution in [0.15, 0.2) is 30.3 Å². The number of ether oxygens (including phenoxy) is 1. The Morgan fingerprint density at radius 2 is 2.05 bits per heavy atom. The average molecular weight is 289 g/mol. The molecule has 114 valence electrons. The lowest BCUT2D eigenvalue weighted by atomic mass is 9.93. The lowest BCUT2D eigenvalue weighted by Crippen LogP contribution is -2.33. The Balaban J connectivity index is 1.62. The molecule has 1 spiro atoms. The van der Waals surface area contributed by atoms with Crippen molar-refractivity contribution in [2.24, 2.45) is 11.3 Å². The number of carbonyl (C=O) groups is 1. The second-order valence-electron chi connectivity index (χ2n) is 6.22. The summed E-state index contributed by atoms with van der Waals surface area (Å²) in [7, 11) is 0. The van der Waals surface area contributed by atoms with Crippen LogP contribution in [0.2, 0.25) is 0 Å². The smallest absolute Gasteiger partial charge is 0.224 e. The first-order chi connectivity index (χ1) is 10.2. The van der Waals surface area contributed by atoms with E-state index in [1.165, 1.54) is 0 Å². The van der Waals surface area contributed by atoms with Crippen LogP contribution in [-0.4, -0.2) is 30.8 Å². The highest BCUT2D eigenvalue weighted by Gasteiger charge is 2.58. The highest BCUT2D eigenvalue weighted by atomic mass is 16.5. The molecule has 1 aromatic rings. The van der Waals surface area contributed by atoms with Crippen LogP contribution in [0.1, 0.15) is 37.3 Å². The summed E-state index contributed by atoms with van der Waals surface area (Å²) in [5.74, 6) is 0.269. The van der Waals surface area contributed by atoms with E-state index in [-0.39, 0.29) is 29.9 Å². The molecule has 2 N–H and O–H groups in total. The summed E-state index contributed by atoms with van der Waals surface area (Å²) in [4.78, 5) is 12.5. The van der Waals surface area contributed by atoms with Gasteiger partial charge in [0, 0.05) is 25.7 Å². The fraction of sp³-hybridized carbons (Fsp3) is 0.588. The number of aliphatic hydroxyl groups excluding tert-OH is 1. The number of nitrogens with one attached hydrogen (secondary N) is 1. The Morgan fingerprint density at radius 3 is 2.71 bits per heavy atom. The van der Waals surface area contributed by atoms with Crippen LogP contribution in [0.3, 0.4) is 0 Å². The van der Waals surface area contributed by atoms with Crippen molar-refractivity contribution in [3.63, 3.8) is 0 Å². The molecule has 2 fully saturated rings. The predicted octanol–water partition coefficient (Wildman–Crippen LogP) is 2.04. The topological polar surface area (TPSA) is 58.6 Å². The number of carbonyl (C=O) groups excluding carboxylic acids is 1. The van der Waals surface area contributed by atoms with Crippen LogP contribution < -0.4 is 5.32 Å². The molecule has 2 aliphatic rings. The molecule has 21 heavy (non-hydrogen) atoms. The van der Waals surface area contributed by atoms with Crippen LogP contribution in [0, 0.1) is 11.3 Å². The number of hydrogen-bond acceptors (Lipinski definition) is 3. The van der Waals surface area contributed by atoms with Crippen LogP contribution in [0.25, 0.3) is 0 Å². The third-order valence-electron chi connectivity index (χ3n) is 4.93. The fourth-order valence-electron chi connectivity index (χ4n) is 3.46. The molecule has 1 aromatic carbocycles. The van der Waals surface area contributed by atoms with Gasteiger partial charge in [-0.25, -0.2) is 0 Å². The summed E-state index contributed by atoms with van der Waals surface area (Å²) in [6, 6.07) is 9.78. The first-order valence-corrected chi connectivity index (χ1v) is 7.79. The second-order valence-corrected chi connectivity index (χ2v) is 6.22. The predicted molar refractivity (Wildman–Crippen MR) is 79.6 cm³/mol. The van der Waals surface area contributed by atoms with Crippen molar-refractivity contribution >= 4 is 5.91 Å². The van der Waals surface area contributed by atoms with Gasteiger partial charge in [0.05, 0.1) is 6.04 Å². The SMILES string of the molecule is O=C(NC(CCO)c1ccccc1)C1CC12CCOCC2. The number of rotatable bonds is 5. The first-order valence-electron chi connectivity index (χ1n) is 7.79. The molecule has 1 heterocycles. The number of hydrogen-bond donors (Lipinski definition) is 2. The molecule has 0 radical (unpaired) electrons. The van der Waals surface area contributed by atoms with E-state index in [9.17, 15) is 9.90 Å². The highest BCUT2D eigenvalue weighted by Crippen LogP contribution is 2.59. The highest BCUT2D eigenvalue weighted by molar-refractivity contribution is 5.83. The van der Waals surface area contributed by atoms with E-state index >= 15 is 0 Å². The maximum Gasteiger partial charge on any atom is 0.224 e. The lowest BCUT2D eigenvalue weighted by molar-refractivity contribution is -0.124. The van der Waals surface area contributed by atoms with Gasteiger partial charge >= 0.3 is 0 Å². The third kappa shape index (κ3) is 3.11. The van der Waals surface area contributed by atoms with Crippen LogP contribution in [-0.2, 0) is 9.53 Å². The second kappa shape index (κ2) is 6.16. The Labute approximate surface area is 125 Å². The summed E-state index contributed by atoms with van der Waals surface area (Å²) in [5, 5.41) is 12.4. The van der Waals surface area contributed by atoms with Crippen molar-refractivity contribution in [2.45, 2.75) is 31.7 Å². The summed E-state index contributed by atoms with van der Waals surface area (Å²) in [6.07, 6.45) is 3.55. The molecule has 4 nitrogen and oxygen atoms in total. The fourth-order valence-corrected chi connectivity index (χ4v) is 3.46. The molecule has 1 amide bonds. The Hall–Kier alpha value is -1.39. The largest absolute Gasteiger partial charge is 0.396 e. The molecule has 2 unspecified atom stereocenters. The third-order valence-corrected chi connectivity index (χ3v) is 4.93. The molecular weight excluding hydrogens is 266 g/mol. The minimum atomic E-state index is -0.0961. The molecule has 1 saturated carbocycles. The average Bonchev–Trinajstić information content (AvgIpc) is 3.22. The van der Waals surface area contributed by atoms with Gasteiger partial charge in [-0.1, -0.05) is 30.3 Å². The minimum absolute atomic E-state index is 0.0729. The van der Waals surface area contributed by atoms with Crippen LogP contribution >= 0.6 is 0 Å². The van der Waals surface area contributed by atoms with Crippen LogP contribution in [0.4, 0.5) is 0 Å². The standard InChI is InChI=1S/C17H23NO3/c19-9-6-15(13-4-2-1-3-5-13)18-16(20)14-12-17(14)7-10-21-11-8-17/h1-5,14-15,19H,6-12H2,(H,18,20). The first kappa shape index (κ1) is 14.5. The molecule has 1 aliphatic carbocycles. The van der Waals surface area contributed by atoms with Gasteiger partial charge in [-0.3, -0.25) is 4.79 Å². The zero-order chi connectivity index (χ0) is 14.7. The molecule has 0 aromatic heterocycles. The van der Waals surface area contributed by atoms with Gasteiger partial charge in [0.2, 0.25) is 5.91 Å². The summed E-state index contributed by atoms with van der Waals surface area (Å²) >= 11 is 0. The minimum Gasteiger partial charge on any atom is -0.396 e. The molecule has 2 atom stereocenters. The van der Waals surface area contributed by atoms with Crippen molar-refractivity contribution in [1.82, 2.24) is 5.32 Å². The Morgan fingerprint density at radius 1 is 1.33 bits per heavy atom. The van der Waals surface area contributed by atoms with Crippen molar-refractivity contribution < 1.29 is 14.6 Å². The number of amides is 1. The number of aliphatic hydroxyl groups is 1. The normalized spacial score (nSPS) is 24.5. The van der Waals surface area contributed by atoms with Gasteiger partial charge in [0.1, 0.15) is 0 Å². The molecule has 4 heteroatoms. The zero-order valence-corrected chi connectivity index (χ0v) is 12.3. The molecule has 3 rings (SSSR count). The van der Waals surface area contributed by atoms with E-state index in [4.69, 9.17) is 4.74 Å². The maximum absolute atomic E-state index is 12.5. The van der Waals surface area contributed by atoms with Gasteiger partial charge in [-0.15, -0.1) is 0 Å².